The summed E-state index contributed by atoms with van der Waals surface area (Å²) in [6, 6.07) is 5.19. The van der Waals surface area contributed by atoms with Gasteiger partial charge in [0, 0.05) is 12.5 Å². The molecule has 0 amide bonds. The van der Waals surface area contributed by atoms with Crippen LogP contribution in [0, 0.1) is 18.2 Å². The first-order chi connectivity index (χ1) is 16.5. The molecule has 5 nitrogen and oxygen atoms in total. The number of allylic oxidation sites excluding steroid dienone is 2. The number of hydrogen-bond donors (Lipinski definition) is 2. The van der Waals surface area contributed by atoms with Crippen molar-refractivity contribution in [2.75, 3.05) is 7.11 Å². The van der Waals surface area contributed by atoms with Crippen molar-refractivity contribution < 1.29 is 28.6 Å². The lowest BCUT2D eigenvalue weighted by Crippen LogP contribution is -2.46. The van der Waals surface area contributed by atoms with E-state index in [0.29, 0.717) is 12.0 Å². The van der Waals surface area contributed by atoms with Gasteiger partial charge in [-0.1, -0.05) is 52.8 Å². The molecule has 0 saturated heterocycles. The maximum atomic E-state index is 14.1. The van der Waals surface area contributed by atoms with Crippen LogP contribution in [0.5, 0.6) is 0 Å². The molecule has 1 aromatic carbocycles. The number of carbonyl (C=O) groups excluding carboxylic acids is 1. The Balaban J connectivity index is 2.44. The monoisotopic (exact) mass is 520 g/mol. The number of esters is 1. The number of carbonyl (C=O) groups is 1. The Labute approximate surface area is 217 Å². The van der Waals surface area contributed by atoms with Crippen LogP contribution in [0.25, 0.3) is 5.57 Å². The van der Waals surface area contributed by atoms with Gasteiger partial charge in [0.2, 0.25) is 0 Å². The second-order valence-electron chi connectivity index (χ2n) is 12.2. The molecular formula is C29H45FO5Si. The largest absolute Gasteiger partial charge is 0.469 e. The normalized spacial score (nSPS) is 20.5. The summed E-state index contributed by atoms with van der Waals surface area (Å²) < 4.78 is 25.5. The van der Waals surface area contributed by atoms with Gasteiger partial charge in [-0.15, -0.1) is 0 Å². The average molecular weight is 521 g/mol. The second kappa shape index (κ2) is 11.7. The van der Waals surface area contributed by atoms with Crippen LogP contribution < -0.4 is 0 Å². The molecule has 0 aliphatic heterocycles. The van der Waals surface area contributed by atoms with Gasteiger partial charge < -0.3 is 19.4 Å². The number of halogens is 1. The molecule has 2 rings (SSSR count). The minimum Gasteiger partial charge on any atom is -0.469 e. The van der Waals surface area contributed by atoms with E-state index in [-0.39, 0.29) is 35.2 Å². The summed E-state index contributed by atoms with van der Waals surface area (Å²) in [4.78, 5) is 11.4. The Hall–Kier alpha value is -1.80. The number of aliphatic hydroxyl groups is 2. The van der Waals surface area contributed by atoms with Crippen molar-refractivity contribution in [3.8, 4) is 0 Å². The maximum absolute atomic E-state index is 14.1. The van der Waals surface area contributed by atoms with E-state index in [0.717, 1.165) is 23.1 Å². The molecule has 2 N–H and O–H groups in total. The van der Waals surface area contributed by atoms with Crippen LogP contribution in [-0.4, -0.2) is 49.9 Å². The minimum absolute atomic E-state index is 0.0292. The molecule has 3 atom stereocenters. The van der Waals surface area contributed by atoms with Gasteiger partial charge in [0.25, 0.3) is 0 Å². The Morgan fingerprint density at radius 2 is 1.92 bits per heavy atom. The SMILES string of the molecule is COC(=O)C[C@H](O)C[C@H](O)/C=C/C1=C(c2ccc(F)c(C)c2)C[C@@H](O[Si](C)(C)C(C)(C)C)CC1(C)C. The topological polar surface area (TPSA) is 76.0 Å². The predicted octanol–water partition coefficient (Wildman–Crippen LogP) is 6.33. The van der Waals surface area contributed by atoms with Crippen LogP contribution in [0.2, 0.25) is 18.1 Å². The molecule has 0 radical (unpaired) electrons. The van der Waals surface area contributed by atoms with Gasteiger partial charge in [-0.25, -0.2) is 4.39 Å². The third-order valence-electron chi connectivity index (χ3n) is 7.63. The summed E-state index contributed by atoms with van der Waals surface area (Å²) in [5.74, 6) is -0.757. The Morgan fingerprint density at radius 3 is 2.47 bits per heavy atom. The lowest BCUT2D eigenvalue weighted by molar-refractivity contribution is -0.143. The number of benzene rings is 1. The van der Waals surface area contributed by atoms with Crippen molar-refractivity contribution in [1.82, 2.24) is 0 Å². The molecule has 36 heavy (non-hydrogen) atoms. The van der Waals surface area contributed by atoms with Gasteiger partial charge >= 0.3 is 5.97 Å². The summed E-state index contributed by atoms with van der Waals surface area (Å²) >= 11 is 0. The van der Waals surface area contributed by atoms with E-state index in [1.54, 1.807) is 13.0 Å². The molecule has 0 spiro atoms. The molecule has 0 unspecified atom stereocenters. The quantitative estimate of drug-likeness (QED) is 0.294. The molecule has 7 heteroatoms. The molecular weight excluding hydrogens is 475 g/mol. The van der Waals surface area contributed by atoms with E-state index in [9.17, 15) is 19.4 Å². The van der Waals surface area contributed by atoms with Crippen molar-refractivity contribution in [2.45, 2.75) is 104 Å². The van der Waals surface area contributed by atoms with Crippen LogP contribution in [0.4, 0.5) is 4.39 Å². The van der Waals surface area contributed by atoms with Crippen molar-refractivity contribution in [3.63, 3.8) is 0 Å². The van der Waals surface area contributed by atoms with Crippen LogP contribution in [0.15, 0.2) is 35.9 Å². The third kappa shape index (κ3) is 7.85. The zero-order chi connectivity index (χ0) is 27.5. The highest BCUT2D eigenvalue weighted by atomic mass is 28.4. The van der Waals surface area contributed by atoms with Crippen LogP contribution in [0.1, 0.15) is 71.4 Å². The van der Waals surface area contributed by atoms with Gasteiger partial charge in [0.1, 0.15) is 5.82 Å². The van der Waals surface area contributed by atoms with E-state index in [4.69, 9.17) is 4.43 Å². The maximum Gasteiger partial charge on any atom is 0.308 e. The van der Waals surface area contributed by atoms with Gasteiger partial charge in [-0.05, 0) is 77.7 Å². The first-order valence-electron chi connectivity index (χ1n) is 12.8. The fraction of sp³-hybridized carbons (Fsp3) is 0.621. The number of rotatable bonds is 9. The van der Waals surface area contributed by atoms with Crippen LogP contribution in [-0.2, 0) is 14.0 Å². The second-order valence-corrected chi connectivity index (χ2v) is 17.0. The molecule has 0 heterocycles. The third-order valence-corrected chi connectivity index (χ3v) is 12.2. The van der Waals surface area contributed by atoms with Gasteiger partial charge in [-0.2, -0.15) is 0 Å². The number of hydrogen-bond acceptors (Lipinski definition) is 5. The smallest absolute Gasteiger partial charge is 0.308 e. The lowest BCUT2D eigenvalue weighted by atomic mass is 9.69. The van der Waals surface area contributed by atoms with Crippen molar-refractivity contribution in [1.29, 1.82) is 0 Å². The summed E-state index contributed by atoms with van der Waals surface area (Å²) in [6.07, 6.45) is 3.09. The highest BCUT2D eigenvalue weighted by Gasteiger charge is 2.42. The first kappa shape index (κ1) is 30.4. The molecule has 0 bridgehead atoms. The van der Waals surface area contributed by atoms with Crippen molar-refractivity contribution in [2.24, 2.45) is 5.41 Å². The molecule has 1 aromatic rings. The zero-order valence-corrected chi connectivity index (χ0v) is 24.4. The van der Waals surface area contributed by atoms with Gasteiger partial charge in [0.15, 0.2) is 8.32 Å². The summed E-state index contributed by atoms with van der Waals surface area (Å²) in [7, 11) is -0.737. The Kier molecular flexibility index (Phi) is 9.90. The summed E-state index contributed by atoms with van der Waals surface area (Å²) in [6.45, 7) is 17.3. The van der Waals surface area contributed by atoms with Crippen LogP contribution in [0.3, 0.4) is 0 Å². The Bertz CT molecular complexity index is 990. The summed E-state index contributed by atoms with van der Waals surface area (Å²) in [5, 5.41) is 20.7. The van der Waals surface area contributed by atoms with E-state index in [2.05, 4.69) is 52.4 Å². The predicted molar refractivity (Wildman–Crippen MR) is 146 cm³/mol. The number of ether oxygens (including phenoxy) is 1. The van der Waals surface area contributed by atoms with E-state index < -0.39 is 26.5 Å². The highest BCUT2D eigenvalue weighted by molar-refractivity contribution is 6.74. The molecule has 0 fully saturated rings. The fourth-order valence-electron chi connectivity index (χ4n) is 4.53. The number of methoxy groups -OCH3 is 1. The number of aryl methyl sites for hydroxylation is 1. The van der Waals surface area contributed by atoms with E-state index in [1.807, 2.05) is 18.2 Å². The molecule has 1 aliphatic carbocycles. The number of aliphatic hydroxyl groups excluding tert-OH is 2. The fourth-order valence-corrected chi connectivity index (χ4v) is 5.88. The lowest BCUT2D eigenvalue weighted by Gasteiger charge is -2.45. The van der Waals surface area contributed by atoms with Crippen molar-refractivity contribution in [3.05, 3.63) is 52.9 Å². The standard InChI is InChI=1S/C29H45FO5Si/c1-19-14-20(10-13-26(19)30)24-17-23(35-36(8,9)28(2,3)4)18-29(5,6)25(24)12-11-21(31)15-22(32)16-27(33)34-7/h10-14,21-23,31-32H,15-18H2,1-9H3/b12-11+/t21-,22-,23-/m1/s1. The zero-order valence-electron chi connectivity index (χ0n) is 23.4. The molecule has 0 aromatic heterocycles. The van der Waals surface area contributed by atoms with Crippen molar-refractivity contribution >= 4 is 19.9 Å². The molecule has 0 saturated carbocycles. The average Bonchev–Trinajstić information content (AvgIpc) is 2.72. The van der Waals surface area contributed by atoms with Crippen LogP contribution >= 0.6 is 0 Å². The van der Waals surface area contributed by atoms with Gasteiger partial charge in [0.05, 0.1) is 25.7 Å². The highest BCUT2D eigenvalue weighted by Crippen LogP contribution is 2.48. The van der Waals surface area contributed by atoms with E-state index >= 15 is 0 Å². The summed E-state index contributed by atoms with van der Waals surface area (Å²) in [5.41, 5.74) is 3.41. The Morgan fingerprint density at radius 1 is 1.28 bits per heavy atom. The van der Waals surface area contributed by atoms with Gasteiger partial charge in [-0.3, -0.25) is 4.79 Å². The first-order valence-corrected chi connectivity index (χ1v) is 15.7. The molecule has 1 aliphatic rings. The van der Waals surface area contributed by atoms with E-state index in [1.165, 1.54) is 13.2 Å². The molecule has 202 valence electrons. The minimum atomic E-state index is -2.00.